The molecule has 0 amide bonds. The molecule has 0 aliphatic rings. The Hall–Kier alpha value is -2.18. The van der Waals surface area contributed by atoms with E-state index < -0.39 is 11.9 Å². The monoisotopic (exact) mass is 312 g/mol. The summed E-state index contributed by atoms with van der Waals surface area (Å²) in [5.74, 6) is -2.48. The Kier molecular flexibility index (Phi) is 4.16. The predicted molar refractivity (Wildman–Crippen MR) is 70.4 cm³/mol. The van der Waals surface area contributed by atoms with Gasteiger partial charge in [-0.15, -0.1) is 0 Å². The normalized spacial score (nSPS) is 10.1. The first-order valence-electron chi connectivity index (χ1n) is 5.21. The molecule has 0 aliphatic carbocycles. The summed E-state index contributed by atoms with van der Waals surface area (Å²) in [6.07, 6.45) is 1.20. The number of carbonyl (C=O) groups is 2. The molecular weight excluding hydrogens is 307 g/mol. The van der Waals surface area contributed by atoms with Crippen LogP contribution in [0, 0.1) is 0 Å². The molecule has 0 spiro atoms. The average molecular weight is 313 g/mol. The molecule has 0 unspecified atom stereocenters. The lowest BCUT2D eigenvalue weighted by Crippen LogP contribution is -2.13. The Balaban J connectivity index is 2.29. The van der Waals surface area contributed by atoms with Crippen molar-refractivity contribution in [1.29, 1.82) is 0 Å². The second kappa shape index (κ2) is 5.85. The number of hydrogen-bond donors (Lipinski definition) is 1. The fourth-order valence-electron chi connectivity index (χ4n) is 1.30. The number of rotatable bonds is 3. The van der Waals surface area contributed by atoms with E-state index in [1.54, 1.807) is 0 Å². The highest BCUT2D eigenvalue weighted by atomic mass is 35.5. The van der Waals surface area contributed by atoms with Crippen LogP contribution in [-0.4, -0.2) is 27.0 Å². The van der Waals surface area contributed by atoms with Crippen LogP contribution < -0.4 is 4.74 Å². The predicted octanol–water partition coefficient (Wildman–Crippen LogP) is 2.70. The maximum absolute atomic E-state index is 11.8. The minimum atomic E-state index is -1.29. The van der Waals surface area contributed by atoms with E-state index in [1.807, 2.05) is 0 Å². The van der Waals surface area contributed by atoms with Gasteiger partial charge < -0.3 is 9.84 Å². The van der Waals surface area contributed by atoms with Crippen molar-refractivity contribution in [3.8, 4) is 5.88 Å². The number of ether oxygens (including phenoxy) is 1. The molecule has 8 heteroatoms. The molecule has 0 radical (unpaired) electrons. The van der Waals surface area contributed by atoms with Crippen molar-refractivity contribution >= 4 is 35.1 Å². The van der Waals surface area contributed by atoms with Gasteiger partial charge in [-0.1, -0.05) is 23.2 Å². The van der Waals surface area contributed by atoms with Crippen LogP contribution in [0.1, 0.15) is 20.7 Å². The zero-order chi connectivity index (χ0) is 14.7. The number of nitrogens with zero attached hydrogens (tertiary/aromatic N) is 2. The number of aromatic carboxylic acids is 1. The third-order valence-corrected chi connectivity index (χ3v) is 2.64. The standard InChI is InChI=1S/C12H6Cl2N2O4/c13-8-3-1-6(5-15-8)12(19)20-10-7(11(17)18)2-4-9(14)16-10/h1-5H,(H,17,18). The van der Waals surface area contributed by atoms with Crippen LogP contribution in [-0.2, 0) is 0 Å². The largest absolute Gasteiger partial charge is 0.477 e. The number of aromatic nitrogens is 2. The van der Waals surface area contributed by atoms with Gasteiger partial charge in [0.25, 0.3) is 0 Å². The molecule has 6 nitrogen and oxygen atoms in total. The third kappa shape index (κ3) is 3.23. The summed E-state index contributed by atoms with van der Waals surface area (Å²) >= 11 is 11.2. The molecule has 1 N–H and O–H groups in total. The minimum Gasteiger partial charge on any atom is -0.477 e. The van der Waals surface area contributed by atoms with E-state index in [4.69, 9.17) is 33.0 Å². The van der Waals surface area contributed by atoms with Crippen molar-refractivity contribution in [3.63, 3.8) is 0 Å². The SMILES string of the molecule is O=C(Oc1nc(Cl)ccc1C(=O)O)c1ccc(Cl)nc1. The number of hydrogen-bond acceptors (Lipinski definition) is 5. The summed E-state index contributed by atoms with van der Waals surface area (Å²) < 4.78 is 4.92. The summed E-state index contributed by atoms with van der Waals surface area (Å²) in [6.45, 7) is 0. The second-order valence-corrected chi connectivity index (χ2v) is 4.33. The Morgan fingerprint density at radius 1 is 1.10 bits per heavy atom. The molecule has 0 aromatic carbocycles. The van der Waals surface area contributed by atoms with Gasteiger partial charge in [-0.05, 0) is 24.3 Å². The van der Waals surface area contributed by atoms with Crippen molar-refractivity contribution in [2.45, 2.75) is 0 Å². The first-order valence-corrected chi connectivity index (χ1v) is 5.96. The maximum Gasteiger partial charge on any atom is 0.346 e. The Labute approximate surface area is 122 Å². The minimum absolute atomic E-state index is 0.00651. The first kappa shape index (κ1) is 14.2. The Bertz CT molecular complexity index is 674. The van der Waals surface area contributed by atoms with Crippen molar-refractivity contribution in [3.05, 3.63) is 51.9 Å². The van der Waals surface area contributed by atoms with Crippen molar-refractivity contribution in [2.75, 3.05) is 0 Å². The quantitative estimate of drug-likeness (QED) is 0.692. The van der Waals surface area contributed by atoms with Crippen LogP contribution in [0.3, 0.4) is 0 Å². The lowest BCUT2D eigenvalue weighted by molar-refractivity contribution is 0.0677. The van der Waals surface area contributed by atoms with E-state index in [2.05, 4.69) is 9.97 Å². The molecule has 0 bridgehead atoms. The van der Waals surface area contributed by atoms with Crippen LogP contribution in [0.15, 0.2) is 30.5 Å². The number of esters is 1. The number of carbonyl (C=O) groups excluding carboxylic acids is 1. The summed E-state index contributed by atoms with van der Waals surface area (Å²) in [5, 5.41) is 9.20. The average Bonchev–Trinajstić information content (AvgIpc) is 2.39. The highest BCUT2D eigenvalue weighted by Gasteiger charge is 2.18. The lowest BCUT2D eigenvalue weighted by Gasteiger charge is -2.06. The first-order chi connectivity index (χ1) is 9.47. The molecule has 0 saturated heterocycles. The van der Waals surface area contributed by atoms with E-state index in [9.17, 15) is 9.59 Å². The maximum atomic E-state index is 11.8. The fourth-order valence-corrected chi connectivity index (χ4v) is 1.55. The molecular formula is C12H6Cl2N2O4. The summed E-state index contributed by atoms with van der Waals surface area (Å²) in [7, 11) is 0. The smallest absolute Gasteiger partial charge is 0.346 e. The van der Waals surface area contributed by atoms with Gasteiger partial charge in [0, 0.05) is 6.20 Å². The van der Waals surface area contributed by atoms with E-state index in [1.165, 1.54) is 30.5 Å². The Morgan fingerprint density at radius 3 is 2.40 bits per heavy atom. The zero-order valence-electron chi connectivity index (χ0n) is 9.71. The highest BCUT2D eigenvalue weighted by molar-refractivity contribution is 6.29. The molecule has 2 rings (SSSR count). The highest BCUT2D eigenvalue weighted by Crippen LogP contribution is 2.20. The lowest BCUT2D eigenvalue weighted by atomic mass is 10.2. The molecule has 0 fully saturated rings. The van der Waals surface area contributed by atoms with Crippen LogP contribution in [0.2, 0.25) is 10.3 Å². The van der Waals surface area contributed by atoms with Crippen molar-refractivity contribution in [1.82, 2.24) is 9.97 Å². The second-order valence-electron chi connectivity index (χ2n) is 3.55. The number of carboxylic acid groups (broad SMARTS) is 1. The van der Waals surface area contributed by atoms with Crippen molar-refractivity contribution < 1.29 is 19.4 Å². The van der Waals surface area contributed by atoms with Crippen LogP contribution in [0.4, 0.5) is 0 Å². The van der Waals surface area contributed by atoms with Gasteiger partial charge in [0.05, 0.1) is 5.56 Å². The zero-order valence-corrected chi connectivity index (χ0v) is 11.2. The number of halogens is 2. The fraction of sp³-hybridized carbons (Fsp3) is 0. The molecule has 20 heavy (non-hydrogen) atoms. The van der Waals surface area contributed by atoms with Gasteiger partial charge in [-0.2, -0.15) is 0 Å². The molecule has 0 atom stereocenters. The van der Waals surface area contributed by atoms with Crippen LogP contribution >= 0.6 is 23.2 Å². The van der Waals surface area contributed by atoms with Crippen molar-refractivity contribution in [2.24, 2.45) is 0 Å². The molecule has 0 aliphatic heterocycles. The van der Waals surface area contributed by atoms with E-state index >= 15 is 0 Å². The van der Waals surface area contributed by atoms with Gasteiger partial charge in [0.1, 0.15) is 15.9 Å². The third-order valence-electron chi connectivity index (χ3n) is 2.21. The van der Waals surface area contributed by atoms with E-state index in [-0.39, 0.29) is 27.3 Å². The van der Waals surface area contributed by atoms with Gasteiger partial charge in [0.2, 0.25) is 5.88 Å². The van der Waals surface area contributed by atoms with Gasteiger partial charge >= 0.3 is 11.9 Å². The van der Waals surface area contributed by atoms with Crippen LogP contribution in [0.25, 0.3) is 0 Å². The number of pyridine rings is 2. The van der Waals surface area contributed by atoms with Gasteiger partial charge in [-0.3, -0.25) is 0 Å². The van der Waals surface area contributed by atoms with E-state index in [0.29, 0.717) is 0 Å². The molecule has 2 aromatic rings. The molecule has 0 saturated carbocycles. The summed E-state index contributed by atoms with van der Waals surface area (Å²) in [5.41, 5.74) is -0.169. The van der Waals surface area contributed by atoms with Crippen LogP contribution in [0.5, 0.6) is 5.88 Å². The molecule has 2 aromatic heterocycles. The topological polar surface area (TPSA) is 89.4 Å². The van der Waals surface area contributed by atoms with Gasteiger partial charge in [0.15, 0.2) is 0 Å². The summed E-state index contributed by atoms with van der Waals surface area (Å²) in [6, 6.07) is 5.27. The number of carboxylic acids is 1. The molecule has 102 valence electrons. The summed E-state index contributed by atoms with van der Waals surface area (Å²) in [4.78, 5) is 30.2. The molecule has 2 heterocycles. The van der Waals surface area contributed by atoms with Gasteiger partial charge in [-0.25, -0.2) is 19.6 Å². The van der Waals surface area contributed by atoms with E-state index in [0.717, 1.165) is 0 Å². The Morgan fingerprint density at radius 2 is 1.80 bits per heavy atom.